The molecule has 0 saturated carbocycles. The summed E-state index contributed by atoms with van der Waals surface area (Å²) in [5.41, 5.74) is 1.22. The summed E-state index contributed by atoms with van der Waals surface area (Å²) in [5.74, 6) is 0. The van der Waals surface area contributed by atoms with Crippen molar-refractivity contribution >= 4 is 0 Å². The van der Waals surface area contributed by atoms with Crippen LogP contribution in [0, 0.1) is 11.3 Å². The van der Waals surface area contributed by atoms with Crippen LogP contribution in [-0.2, 0) is 11.3 Å². The van der Waals surface area contributed by atoms with Crippen molar-refractivity contribution in [2.45, 2.75) is 51.7 Å². The van der Waals surface area contributed by atoms with Crippen molar-refractivity contribution in [3.8, 4) is 6.07 Å². The van der Waals surface area contributed by atoms with Gasteiger partial charge in [-0.1, -0.05) is 37.3 Å². The summed E-state index contributed by atoms with van der Waals surface area (Å²) in [4.78, 5) is 0. The molecule has 1 rings (SSSR count). The summed E-state index contributed by atoms with van der Waals surface area (Å²) in [6, 6.07) is 12.4. The number of unbranched alkanes of at least 4 members (excludes halogenated alkanes) is 2. The lowest BCUT2D eigenvalue weighted by molar-refractivity contribution is 0.0311. The van der Waals surface area contributed by atoms with Gasteiger partial charge in [-0.05, 0) is 31.2 Å². The normalized spacial score (nSPS) is 12.0. The molecule has 2 nitrogen and oxygen atoms in total. The third-order valence-electron chi connectivity index (χ3n) is 2.85. The van der Waals surface area contributed by atoms with Gasteiger partial charge in [-0.3, -0.25) is 0 Å². The fourth-order valence-electron chi connectivity index (χ4n) is 1.77. The highest BCUT2D eigenvalue weighted by molar-refractivity contribution is 5.13. The Labute approximate surface area is 104 Å². The molecule has 0 aliphatic carbocycles. The quantitative estimate of drug-likeness (QED) is 0.632. The first kappa shape index (κ1) is 13.7. The smallest absolute Gasteiger partial charge is 0.0720 e. The van der Waals surface area contributed by atoms with Gasteiger partial charge in [0.05, 0.1) is 18.8 Å². The predicted octanol–water partition coefficient (Wildman–Crippen LogP) is 4.07. The Morgan fingerprint density at radius 1 is 1.24 bits per heavy atom. The Kier molecular flexibility index (Phi) is 7.09. The minimum atomic E-state index is 0.328. The van der Waals surface area contributed by atoms with Crippen LogP contribution >= 0.6 is 0 Å². The molecule has 1 aromatic rings. The van der Waals surface area contributed by atoms with Crippen LogP contribution in [0.4, 0.5) is 0 Å². The Morgan fingerprint density at radius 3 is 2.65 bits per heavy atom. The van der Waals surface area contributed by atoms with Crippen molar-refractivity contribution in [2.75, 3.05) is 0 Å². The van der Waals surface area contributed by atoms with Crippen molar-refractivity contribution in [3.05, 3.63) is 35.9 Å². The van der Waals surface area contributed by atoms with Gasteiger partial charge in [0.25, 0.3) is 0 Å². The molecule has 2 heteroatoms. The van der Waals surface area contributed by atoms with Crippen molar-refractivity contribution in [2.24, 2.45) is 0 Å². The fourth-order valence-corrected chi connectivity index (χ4v) is 1.77. The minimum absolute atomic E-state index is 0.328. The standard InChI is InChI=1S/C15H21NO/c1-2-15(11-7-4-8-12-16)17-13-14-9-5-3-6-10-14/h3,5-6,9-10,15H,2,4,7-8,11,13H2,1H3. The molecule has 0 radical (unpaired) electrons. The molecular weight excluding hydrogens is 210 g/mol. The zero-order valence-electron chi connectivity index (χ0n) is 10.6. The lowest BCUT2D eigenvalue weighted by Crippen LogP contribution is -2.11. The lowest BCUT2D eigenvalue weighted by Gasteiger charge is -2.15. The van der Waals surface area contributed by atoms with Crippen molar-refractivity contribution in [1.82, 2.24) is 0 Å². The zero-order chi connectivity index (χ0) is 12.3. The van der Waals surface area contributed by atoms with Gasteiger partial charge >= 0.3 is 0 Å². The molecule has 0 bridgehead atoms. The van der Waals surface area contributed by atoms with E-state index in [4.69, 9.17) is 10.00 Å². The highest BCUT2D eigenvalue weighted by atomic mass is 16.5. The number of hydrogen-bond acceptors (Lipinski definition) is 2. The Hall–Kier alpha value is -1.33. The van der Waals surface area contributed by atoms with Gasteiger partial charge in [-0.2, -0.15) is 5.26 Å². The molecule has 0 aliphatic heterocycles. The fraction of sp³-hybridized carbons (Fsp3) is 0.533. The van der Waals surface area contributed by atoms with E-state index >= 15 is 0 Å². The molecule has 0 aliphatic rings. The van der Waals surface area contributed by atoms with E-state index < -0.39 is 0 Å². The van der Waals surface area contributed by atoms with E-state index in [2.05, 4.69) is 25.1 Å². The van der Waals surface area contributed by atoms with Gasteiger partial charge in [-0.15, -0.1) is 0 Å². The van der Waals surface area contributed by atoms with Crippen molar-refractivity contribution < 1.29 is 4.74 Å². The third kappa shape index (κ3) is 6.09. The highest BCUT2D eigenvalue weighted by Gasteiger charge is 2.06. The van der Waals surface area contributed by atoms with Crippen LogP contribution in [0.2, 0.25) is 0 Å². The second-order valence-corrected chi connectivity index (χ2v) is 4.23. The topological polar surface area (TPSA) is 33.0 Å². The van der Waals surface area contributed by atoms with E-state index in [1.54, 1.807) is 0 Å². The summed E-state index contributed by atoms with van der Waals surface area (Å²) in [6.45, 7) is 2.84. The average molecular weight is 231 g/mol. The molecule has 92 valence electrons. The van der Waals surface area contributed by atoms with Crippen LogP contribution in [0.5, 0.6) is 0 Å². The van der Waals surface area contributed by atoms with Crippen LogP contribution < -0.4 is 0 Å². The number of nitriles is 1. The molecule has 0 spiro atoms. The molecule has 1 aromatic carbocycles. The minimum Gasteiger partial charge on any atom is -0.374 e. The van der Waals surface area contributed by atoms with Gasteiger partial charge in [0, 0.05) is 6.42 Å². The summed E-state index contributed by atoms with van der Waals surface area (Å²) in [5, 5.41) is 8.46. The van der Waals surface area contributed by atoms with Crippen LogP contribution in [0.25, 0.3) is 0 Å². The largest absolute Gasteiger partial charge is 0.374 e. The van der Waals surface area contributed by atoms with E-state index in [0.717, 1.165) is 25.7 Å². The summed E-state index contributed by atoms with van der Waals surface area (Å²) < 4.78 is 5.87. The third-order valence-corrected chi connectivity index (χ3v) is 2.85. The van der Waals surface area contributed by atoms with Crippen LogP contribution in [0.15, 0.2) is 30.3 Å². The summed E-state index contributed by atoms with van der Waals surface area (Å²) >= 11 is 0. The predicted molar refractivity (Wildman–Crippen MR) is 69.4 cm³/mol. The molecule has 0 saturated heterocycles. The number of nitrogens with zero attached hydrogens (tertiary/aromatic N) is 1. The van der Waals surface area contributed by atoms with Crippen LogP contribution in [0.3, 0.4) is 0 Å². The molecule has 0 fully saturated rings. The van der Waals surface area contributed by atoms with Crippen molar-refractivity contribution in [3.63, 3.8) is 0 Å². The number of ether oxygens (including phenoxy) is 1. The van der Waals surface area contributed by atoms with Gasteiger partial charge in [0.2, 0.25) is 0 Å². The van der Waals surface area contributed by atoms with E-state index in [1.807, 2.05) is 18.2 Å². The van der Waals surface area contributed by atoms with E-state index in [-0.39, 0.29) is 0 Å². The first-order valence-electron chi connectivity index (χ1n) is 6.39. The molecule has 0 heterocycles. The SMILES string of the molecule is CCC(CCCCC#N)OCc1ccccc1. The average Bonchev–Trinajstić information content (AvgIpc) is 2.39. The maximum atomic E-state index is 8.46. The van der Waals surface area contributed by atoms with Gasteiger partial charge in [0.1, 0.15) is 0 Å². The van der Waals surface area contributed by atoms with Crippen LogP contribution in [-0.4, -0.2) is 6.10 Å². The Bertz CT molecular complexity index is 329. The Morgan fingerprint density at radius 2 is 2.00 bits per heavy atom. The van der Waals surface area contributed by atoms with Gasteiger partial charge in [0.15, 0.2) is 0 Å². The second kappa shape index (κ2) is 8.78. The first-order valence-corrected chi connectivity index (χ1v) is 6.39. The lowest BCUT2D eigenvalue weighted by atomic mass is 10.1. The summed E-state index contributed by atoms with van der Waals surface area (Å²) in [7, 11) is 0. The number of benzene rings is 1. The number of hydrogen-bond donors (Lipinski definition) is 0. The van der Waals surface area contributed by atoms with Gasteiger partial charge in [-0.25, -0.2) is 0 Å². The Balaban J connectivity index is 2.21. The number of rotatable bonds is 8. The van der Waals surface area contributed by atoms with Gasteiger partial charge < -0.3 is 4.74 Å². The molecule has 1 atom stereocenters. The molecule has 1 unspecified atom stereocenters. The molecule has 0 amide bonds. The zero-order valence-corrected chi connectivity index (χ0v) is 10.6. The van der Waals surface area contributed by atoms with E-state index in [0.29, 0.717) is 19.1 Å². The van der Waals surface area contributed by atoms with E-state index in [9.17, 15) is 0 Å². The molecular formula is C15H21NO. The molecule has 0 N–H and O–H groups in total. The maximum absolute atomic E-state index is 8.46. The molecule has 0 aromatic heterocycles. The monoisotopic (exact) mass is 231 g/mol. The second-order valence-electron chi connectivity index (χ2n) is 4.23. The first-order chi connectivity index (χ1) is 8.36. The molecule has 17 heavy (non-hydrogen) atoms. The van der Waals surface area contributed by atoms with Crippen LogP contribution in [0.1, 0.15) is 44.6 Å². The van der Waals surface area contributed by atoms with E-state index in [1.165, 1.54) is 5.56 Å². The maximum Gasteiger partial charge on any atom is 0.0720 e. The highest BCUT2D eigenvalue weighted by Crippen LogP contribution is 2.12. The van der Waals surface area contributed by atoms with Crippen molar-refractivity contribution in [1.29, 1.82) is 5.26 Å². The summed E-state index contributed by atoms with van der Waals surface area (Å²) in [6.07, 6.45) is 5.16.